The van der Waals surface area contributed by atoms with E-state index in [-0.39, 0.29) is 5.56 Å². The molecule has 2 heterocycles. The van der Waals surface area contributed by atoms with Crippen molar-refractivity contribution in [2.75, 3.05) is 5.75 Å². The summed E-state index contributed by atoms with van der Waals surface area (Å²) >= 11 is 1.64. The Morgan fingerprint density at radius 3 is 2.65 bits per heavy atom. The molecular weight excluding hydrogens is 276 g/mol. The van der Waals surface area contributed by atoms with E-state index < -0.39 is 5.69 Å². The molecule has 0 aliphatic heterocycles. The van der Waals surface area contributed by atoms with Gasteiger partial charge in [-0.05, 0) is 12.8 Å². The Morgan fingerprint density at radius 2 is 2.00 bits per heavy atom. The van der Waals surface area contributed by atoms with Crippen molar-refractivity contribution in [3.8, 4) is 0 Å². The molecule has 0 spiro atoms. The number of nitrogens with one attached hydrogen (secondary N) is 1. The zero-order valence-corrected chi connectivity index (χ0v) is 12.9. The van der Waals surface area contributed by atoms with Crippen LogP contribution >= 0.6 is 11.8 Å². The molecule has 0 aliphatic carbocycles. The van der Waals surface area contributed by atoms with Gasteiger partial charge in [0.1, 0.15) is 0 Å². The molecule has 0 aromatic carbocycles. The van der Waals surface area contributed by atoms with Crippen LogP contribution in [0.25, 0.3) is 11.2 Å². The summed E-state index contributed by atoms with van der Waals surface area (Å²) in [6.45, 7) is 4.93. The second-order valence-electron chi connectivity index (χ2n) is 4.74. The SMILES string of the molecule is CCCCSc1nc2c(c(=O)[nH]c(=O)n2C)n1CCC. The van der Waals surface area contributed by atoms with Gasteiger partial charge in [0.2, 0.25) is 0 Å². The molecule has 7 heteroatoms. The highest BCUT2D eigenvalue weighted by molar-refractivity contribution is 7.99. The number of unbranched alkanes of at least 4 members (excludes halogenated alkanes) is 1. The van der Waals surface area contributed by atoms with E-state index in [2.05, 4.69) is 23.8 Å². The molecule has 20 heavy (non-hydrogen) atoms. The largest absolute Gasteiger partial charge is 0.329 e. The Kier molecular flexibility index (Phi) is 4.69. The molecule has 0 saturated carbocycles. The van der Waals surface area contributed by atoms with Gasteiger partial charge in [0.25, 0.3) is 5.56 Å². The van der Waals surface area contributed by atoms with Crippen LogP contribution in [-0.4, -0.2) is 24.9 Å². The Morgan fingerprint density at radius 1 is 1.25 bits per heavy atom. The number of thioether (sulfide) groups is 1. The molecule has 0 atom stereocenters. The lowest BCUT2D eigenvalue weighted by Crippen LogP contribution is -2.29. The molecule has 0 radical (unpaired) electrons. The number of nitrogens with zero attached hydrogens (tertiary/aromatic N) is 3. The predicted molar refractivity (Wildman–Crippen MR) is 81.5 cm³/mol. The summed E-state index contributed by atoms with van der Waals surface area (Å²) in [6, 6.07) is 0. The van der Waals surface area contributed by atoms with Crippen LogP contribution in [-0.2, 0) is 13.6 Å². The number of fused-ring (bicyclic) bond motifs is 1. The molecule has 0 saturated heterocycles. The van der Waals surface area contributed by atoms with Crippen molar-refractivity contribution in [1.82, 2.24) is 19.1 Å². The van der Waals surface area contributed by atoms with Crippen molar-refractivity contribution in [2.24, 2.45) is 7.05 Å². The number of rotatable bonds is 6. The number of hydrogen-bond donors (Lipinski definition) is 1. The normalized spacial score (nSPS) is 11.3. The first kappa shape index (κ1) is 14.9. The summed E-state index contributed by atoms with van der Waals surface area (Å²) in [5.41, 5.74) is 0.180. The molecule has 2 aromatic rings. The lowest BCUT2D eigenvalue weighted by Gasteiger charge is -2.06. The minimum absolute atomic E-state index is 0.355. The molecule has 2 aromatic heterocycles. The molecule has 6 nitrogen and oxygen atoms in total. The van der Waals surface area contributed by atoms with Gasteiger partial charge in [0.05, 0.1) is 0 Å². The zero-order chi connectivity index (χ0) is 14.7. The van der Waals surface area contributed by atoms with E-state index in [1.165, 1.54) is 4.57 Å². The zero-order valence-electron chi connectivity index (χ0n) is 12.1. The Labute approximate surface area is 121 Å². The monoisotopic (exact) mass is 296 g/mol. The third-order valence-corrected chi connectivity index (χ3v) is 4.21. The van der Waals surface area contributed by atoms with Crippen LogP contribution in [0, 0.1) is 0 Å². The second-order valence-corrected chi connectivity index (χ2v) is 5.80. The van der Waals surface area contributed by atoms with Gasteiger partial charge >= 0.3 is 5.69 Å². The summed E-state index contributed by atoms with van der Waals surface area (Å²) in [6.07, 6.45) is 3.14. The third-order valence-electron chi connectivity index (χ3n) is 3.15. The lowest BCUT2D eigenvalue weighted by molar-refractivity contribution is 0.636. The van der Waals surface area contributed by atoms with Crippen LogP contribution < -0.4 is 11.2 Å². The van der Waals surface area contributed by atoms with Crippen molar-refractivity contribution in [1.29, 1.82) is 0 Å². The van der Waals surface area contributed by atoms with Gasteiger partial charge in [-0.2, -0.15) is 0 Å². The minimum Gasteiger partial charge on any atom is -0.313 e. The van der Waals surface area contributed by atoms with Crippen molar-refractivity contribution in [3.63, 3.8) is 0 Å². The van der Waals surface area contributed by atoms with Gasteiger partial charge in [-0.25, -0.2) is 9.78 Å². The summed E-state index contributed by atoms with van der Waals surface area (Å²) in [4.78, 5) is 30.5. The summed E-state index contributed by atoms with van der Waals surface area (Å²) in [5, 5.41) is 0.821. The first-order valence-electron chi connectivity index (χ1n) is 6.92. The smallest absolute Gasteiger partial charge is 0.313 e. The average Bonchev–Trinajstić information content (AvgIpc) is 2.77. The van der Waals surface area contributed by atoms with Crippen LogP contribution in [0.5, 0.6) is 0 Å². The number of aromatic nitrogens is 4. The second kappa shape index (κ2) is 6.30. The van der Waals surface area contributed by atoms with Gasteiger partial charge in [0, 0.05) is 19.3 Å². The van der Waals surface area contributed by atoms with E-state index in [9.17, 15) is 9.59 Å². The van der Waals surface area contributed by atoms with E-state index >= 15 is 0 Å². The molecule has 0 bridgehead atoms. The van der Waals surface area contributed by atoms with E-state index in [1.807, 2.05) is 4.57 Å². The summed E-state index contributed by atoms with van der Waals surface area (Å²) < 4.78 is 3.32. The highest BCUT2D eigenvalue weighted by Crippen LogP contribution is 2.22. The van der Waals surface area contributed by atoms with Crippen LogP contribution in [0.2, 0.25) is 0 Å². The van der Waals surface area contributed by atoms with E-state index in [0.717, 1.165) is 36.7 Å². The molecule has 0 aliphatic rings. The summed E-state index contributed by atoms with van der Waals surface area (Å²) in [5.74, 6) is 0.968. The van der Waals surface area contributed by atoms with Gasteiger partial charge in [-0.15, -0.1) is 0 Å². The fraction of sp³-hybridized carbons (Fsp3) is 0.615. The number of aromatic amines is 1. The molecule has 1 N–H and O–H groups in total. The maximum Gasteiger partial charge on any atom is 0.329 e. The topological polar surface area (TPSA) is 72.7 Å². The van der Waals surface area contributed by atoms with E-state index in [0.29, 0.717) is 11.2 Å². The minimum atomic E-state index is -0.422. The molecular formula is C13H20N4O2S. The molecule has 0 fully saturated rings. The quantitative estimate of drug-likeness (QED) is 0.651. The summed E-state index contributed by atoms with van der Waals surface area (Å²) in [7, 11) is 1.63. The van der Waals surface area contributed by atoms with Crippen LogP contribution in [0.15, 0.2) is 14.7 Å². The molecule has 0 unspecified atom stereocenters. The Balaban J connectivity index is 2.60. The fourth-order valence-electron chi connectivity index (χ4n) is 2.06. The van der Waals surface area contributed by atoms with Crippen LogP contribution in [0.4, 0.5) is 0 Å². The molecule has 110 valence electrons. The van der Waals surface area contributed by atoms with Gasteiger partial charge in [-0.3, -0.25) is 14.3 Å². The first-order chi connectivity index (χ1) is 9.60. The van der Waals surface area contributed by atoms with Crippen molar-refractivity contribution in [2.45, 2.75) is 44.8 Å². The number of H-pyrrole nitrogens is 1. The third kappa shape index (κ3) is 2.67. The van der Waals surface area contributed by atoms with Crippen LogP contribution in [0.3, 0.4) is 0 Å². The Hall–Kier alpha value is -1.50. The van der Waals surface area contributed by atoms with E-state index in [1.54, 1.807) is 18.8 Å². The van der Waals surface area contributed by atoms with Crippen molar-refractivity contribution >= 4 is 22.9 Å². The highest BCUT2D eigenvalue weighted by atomic mass is 32.2. The number of aryl methyl sites for hydroxylation is 2. The number of hydrogen-bond acceptors (Lipinski definition) is 4. The highest BCUT2D eigenvalue weighted by Gasteiger charge is 2.16. The first-order valence-corrected chi connectivity index (χ1v) is 7.91. The van der Waals surface area contributed by atoms with Crippen molar-refractivity contribution < 1.29 is 0 Å². The van der Waals surface area contributed by atoms with Crippen molar-refractivity contribution in [3.05, 3.63) is 20.8 Å². The maximum atomic E-state index is 12.1. The maximum absolute atomic E-state index is 12.1. The van der Waals surface area contributed by atoms with Gasteiger partial charge in [-0.1, -0.05) is 32.0 Å². The molecule has 2 rings (SSSR count). The van der Waals surface area contributed by atoms with Gasteiger partial charge < -0.3 is 4.57 Å². The fourth-order valence-corrected chi connectivity index (χ4v) is 3.17. The van der Waals surface area contributed by atoms with Crippen LogP contribution in [0.1, 0.15) is 33.1 Å². The predicted octanol–water partition coefficient (Wildman–Crippen LogP) is 1.73. The standard InChI is InChI=1S/C13H20N4O2S/c1-4-6-8-20-13-14-10-9(17(13)7-5-2)11(18)15-12(19)16(10)3/h4-8H2,1-3H3,(H,15,18,19). The number of imidazole rings is 1. The van der Waals surface area contributed by atoms with Gasteiger partial charge in [0.15, 0.2) is 16.3 Å². The average molecular weight is 296 g/mol. The van der Waals surface area contributed by atoms with E-state index in [4.69, 9.17) is 0 Å². The Bertz CT molecular complexity index is 713. The molecule has 0 amide bonds. The lowest BCUT2D eigenvalue weighted by atomic mass is 10.4.